The molecule has 0 aliphatic rings. The van der Waals surface area contributed by atoms with E-state index in [0.29, 0.717) is 0 Å². The van der Waals surface area contributed by atoms with Gasteiger partial charge in [0.15, 0.2) is 0 Å². The Labute approximate surface area is 72.2 Å². The fraction of sp³-hybridized carbons (Fsp3) is 1.00. The molecule has 0 aliphatic heterocycles. The lowest BCUT2D eigenvalue weighted by molar-refractivity contribution is 0.227. The predicted molar refractivity (Wildman–Crippen MR) is 47.4 cm³/mol. The van der Waals surface area contributed by atoms with Crippen LogP contribution in [-0.4, -0.2) is 10.7 Å². The van der Waals surface area contributed by atoms with Gasteiger partial charge in [-0.3, -0.25) is 8.74 Å². The average Bonchev–Trinajstić information content (AvgIpc) is 1.59. The van der Waals surface area contributed by atoms with Crippen molar-refractivity contribution in [3.05, 3.63) is 0 Å². The average molecular weight is 207 g/mol. The molecular weight excluding hydrogens is 195 g/mol. The van der Waals surface area contributed by atoms with Crippen molar-refractivity contribution in [3.63, 3.8) is 0 Å². The van der Waals surface area contributed by atoms with Gasteiger partial charge >= 0.3 is 0 Å². The molecule has 0 aromatic rings. The maximum atomic E-state index is 8.81. The van der Waals surface area contributed by atoms with E-state index in [1.54, 1.807) is 0 Å². The first-order valence-electron chi connectivity index (χ1n) is 3.09. The normalized spacial score (nSPS) is 16.9. The van der Waals surface area contributed by atoms with Gasteiger partial charge in [-0.1, -0.05) is 13.3 Å². The second kappa shape index (κ2) is 4.67. The largest absolute Gasteiger partial charge is 0.272 e. The summed E-state index contributed by atoms with van der Waals surface area (Å²) in [5.41, 5.74) is 0. The number of hydrogen-bond acceptors (Lipinski definition) is 2. The van der Waals surface area contributed by atoms with Gasteiger partial charge in [0, 0.05) is 21.4 Å². The molecule has 0 bridgehead atoms. The number of rotatable bonds is 4. The van der Waals surface area contributed by atoms with Gasteiger partial charge in [-0.15, -0.1) is 0 Å². The Morgan fingerprint density at radius 1 is 1.60 bits per heavy atom. The molecule has 5 heteroatoms. The van der Waals surface area contributed by atoms with Crippen molar-refractivity contribution in [2.45, 2.75) is 32.8 Å². The molecule has 1 atom stereocenters. The molecule has 0 aliphatic carbocycles. The van der Waals surface area contributed by atoms with E-state index in [1.807, 2.05) is 13.8 Å². The van der Waals surface area contributed by atoms with Crippen LogP contribution in [0.2, 0.25) is 0 Å². The minimum atomic E-state index is -2.80. The summed E-state index contributed by atoms with van der Waals surface area (Å²) >= 11 is 0. The third kappa shape index (κ3) is 6.96. The van der Waals surface area contributed by atoms with E-state index >= 15 is 0 Å². The van der Waals surface area contributed by atoms with E-state index < -0.39 is 9.02 Å². The highest BCUT2D eigenvalue weighted by molar-refractivity contribution is 8.59. The molecular formula is C5H12Cl2O2S. The second-order valence-corrected chi connectivity index (χ2v) is 6.06. The van der Waals surface area contributed by atoms with E-state index in [4.69, 9.17) is 30.1 Å². The first kappa shape index (κ1) is 10.8. The van der Waals surface area contributed by atoms with Crippen LogP contribution in [0.5, 0.6) is 0 Å². The number of halogens is 2. The molecule has 0 saturated carbocycles. The van der Waals surface area contributed by atoms with Gasteiger partial charge in [0.25, 0.3) is 0 Å². The molecule has 0 unspecified atom stereocenters. The van der Waals surface area contributed by atoms with Gasteiger partial charge < -0.3 is 0 Å². The van der Waals surface area contributed by atoms with Crippen molar-refractivity contribution in [3.8, 4) is 0 Å². The maximum Gasteiger partial charge on any atom is 0.0822 e. The van der Waals surface area contributed by atoms with Crippen LogP contribution in [0.4, 0.5) is 0 Å². The molecule has 0 aromatic carbocycles. The van der Waals surface area contributed by atoms with Crippen LogP contribution in [0.3, 0.4) is 0 Å². The van der Waals surface area contributed by atoms with Crippen LogP contribution in [-0.2, 0) is 4.18 Å². The van der Waals surface area contributed by atoms with E-state index in [0.717, 1.165) is 12.8 Å². The van der Waals surface area contributed by atoms with Crippen LogP contribution in [0.25, 0.3) is 0 Å². The predicted octanol–water partition coefficient (Wildman–Crippen LogP) is 3.69. The topological polar surface area (TPSA) is 29.5 Å². The van der Waals surface area contributed by atoms with Crippen LogP contribution in [0.15, 0.2) is 0 Å². The Hall–Kier alpha value is 0.850. The van der Waals surface area contributed by atoms with Crippen molar-refractivity contribution in [2.24, 2.45) is 0 Å². The molecule has 10 heavy (non-hydrogen) atoms. The first-order valence-corrected chi connectivity index (χ1v) is 6.25. The van der Waals surface area contributed by atoms with E-state index in [-0.39, 0.29) is 6.10 Å². The Morgan fingerprint density at radius 2 is 2.10 bits per heavy atom. The molecule has 0 saturated heterocycles. The Morgan fingerprint density at radius 3 is 2.40 bits per heavy atom. The summed E-state index contributed by atoms with van der Waals surface area (Å²) in [7, 11) is 7.69. The van der Waals surface area contributed by atoms with Crippen molar-refractivity contribution >= 4 is 30.4 Å². The summed E-state index contributed by atoms with van der Waals surface area (Å²) < 4.78 is 13.7. The summed E-state index contributed by atoms with van der Waals surface area (Å²) in [6.07, 6.45) is 1.78. The molecule has 0 heterocycles. The van der Waals surface area contributed by atoms with Crippen molar-refractivity contribution in [1.29, 1.82) is 0 Å². The number of hydrogen-bond donors (Lipinski definition) is 1. The highest BCUT2D eigenvalue weighted by Crippen LogP contribution is 2.56. The van der Waals surface area contributed by atoms with Gasteiger partial charge in [-0.2, -0.15) is 0 Å². The molecule has 0 aromatic heterocycles. The van der Waals surface area contributed by atoms with Gasteiger partial charge in [0.2, 0.25) is 0 Å². The minimum Gasteiger partial charge on any atom is -0.272 e. The first-order chi connectivity index (χ1) is 4.45. The minimum absolute atomic E-state index is 0.0694. The molecule has 1 N–H and O–H groups in total. The Balaban J connectivity index is 3.47. The standard InChI is InChI=1S/C5H12Cl2O2S/c1-3-4-5(2)9-10(6,7)8/h5,8H,3-4H2,1-2H3/t5-/m0/s1. The van der Waals surface area contributed by atoms with E-state index in [1.165, 1.54) is 0 Å². The summed E-state index contributed by atoms with van der Waals surface area (Å²) in [4.78, 5) is 0. The van der Waals surface area contributed by atoms with Crippen LogP contribution in [0, 0.1) is 0 Å². The monoisotopic (exact) mass is 206 g/mol. The SMILES string of the molecule is CCC[C@H](C)OS(O)(Cl)Cl. The van der Waals surface area contributed by atoms with Crippen molar-refractivity contribution in [2.75, 3.05) is 0 Å². The van der Waals surface area contributed by atoms with Crippen molar-refractivity contribution < 1.29 is 8.74 Å². The molecule has 0 radical (unpaired) electrons. The highest BCUT2D eigenvalue weighted by Gasteiger charge is 2.13. The molecule has 0 amide bonds. The Bertz CT molecular complexity index is 94.1. The molecule has 0 rings (SSSR count). The van der Waals surface area contributed by atoms with Crippen molar-refractivity contribution in [1.82, 2.24) is 0 Å². The summed E-state index contributed by atoms with van der Waals surface area (Å²) in [5, 5.41) is 0. The summed E-state index contributed by atoms with van der Waals surface area (Å²) in [6.45, 7) is 3.85. The zero-order chi connectivity index (χ0) is 8.20. The summed E-state index contributed by atoms with van der Waals surface area (Å²) in [6, 6.07) is 0. The quantitative estimate of drug-likeness (QED) is 0.761. The summed E-state index contributed by atoms with van der Waals surface area (Å²) in [5.74, 6) is 0. The zero-order valence-corrected chi connectivity index (χ0v) is 8.34. The maximum absolute atomic E-state index is 8.81. The lowest BCUT2D eigenvalue weighted by Gasteiger charge is -2.24. The lowest BCUT2D eigenvalue weighted by atomic mass is 10.2. The van der Waals surface area contributed by atoms with Gasteiger partial charge in [-0.25, -0.2) is 0 Å². The highest BCUT2D eigenvalue weighted by atomic mass is 36.0. The van der Waals surface area contributed by atoms with Crippen LogP contribution in [0.1, 0.15) is 26.7 Å². The molecule has 0 fully saturated rings. The lowest BCUT2D eigenvalue weighted by Crippen LogP contribution is -2.05. The fourth-order valence-corrected chi connectivity index (χ4v) is 1.89. The second-order valence-electron chi connectivity index (χ2n) is 2.09. The van der Waals surface area contributed by atoms with Gasteiger partial charge in [-0.05, 0) is 22.4 Å². The van der Waals surface area contributed by atoms with Gasteiger partial charge in [0.1, 0.15) is 0 Å². The van der Waals surface area contributed by atoms with Crippen LogP contribution >= 0.6 is 30.4 Å². The Kier molecular flexibility index (Phi) is 5.07. The van der Waals surface area contributed by atoms with E-state index in [2.05, 4.69) is 0 Å². The fourth-order valence-electron chi connectivity index (χ4n) is 0.652. The molecule has 64 valence electrons. The molecule has 2 nitrogen and oxygen atoms in total. The third-order valence-electron chi connectivity index (χ3n) is 0.975. The zero-order valence-electron chi connectivity index (χ0n) is 6.01. The van der Waals surface area contributed by atoms with Gasteiger partial charge in [0.05, 0.1) is 6.10 Å². The van der Waals surface area contributed by atoms with E-state index in [9.17, 15) is 0 Å². The van der Waals surface area contributed by atoms with Crippen LogP contribution < -0.4 is 0 Å². The third-order valence-corrected chi connectivity index (χ3v) is 1.97. The smallest absolute Gasteiger partial charge is 0.0822 e. The molecule has 0 spiro atoms.